The van der Waals surface area contributed by atoms with Crippen molar-refractivity contribution in [2.75, 3.05) is 26.5 Å². The third kappa shape index (κ3) is 4.79. The summed E-state index contributed by atoms with van der Waals surface area (Å²) in [5, 5.41) is 4.09. The molecule has 0 fully saturated rings. The van der Waals surface area contributed by atoms with Crippen LogP contribution in [0.15, 0.2) is 42.7 Å². The number of hydrogen-bond donors (Lipinski definition) is 1. The smallest absolute Gasteiger partial charge is 0.319 e. The van der Waals surface area contributed by atoms with Gasteiger partial charge in [-0.25, -0.2) is 19.7 Å². The van der Waals surface area contributed by atoms with Crippen LogP contribution in [0.3, 0.4) is 0 Å². The Kier molecular flexibility index (Phi) is 5.66. The summed E-state index contributed by atoms with van der Waals surface area (Å²) in [5.74, 6) is 1.48. The second-order valence-corrected chi connectivity index (χ2v) is 7.52. The molecule has 3 aromatic rings. The number of nitrogens with zero attached hydrogens (tertiary/aromatic N) is 5. The first kappa shape index (κ1) is 18.8. The Hall–Kier alpha value is -3.00. The van der Waals surface area contributed by atoms with Gasteiger partial charge in [0, 0.05) is 33.5 Å². The van der Waals surface area contributed by atoms with Gasteiger partial charge in [-0.15, -0.1) is 11.3 Å². The van der Waals surface area contributed by atoms with E-state index in [0.717, 1.165) is 32.8 Å². The number of carbonyl (C=O) groups excluding carboxylic acids is 1. The number of hydrogen-bond acceptors (Lipinski definition) is 6. The number of thiazole rings is 1. The van der Waals surface area contributed by atoms with Gasteiger partial charge in [-0.3, -0.25) is 0 Å². The lowest BCUT2D eigenvalue weighted by atomic mass is 10.3. The molecule has 0 saturated carbocycles. The minimum atomic E-state index is -0.0540. The normalized spacial score (nSPS) is 10.5. The fraction of sp³-hybridized carbons (Fsp3) is 0.263. The van der Waals surface area contributed by atoms with Crippen LogP contribution >= 0.6 is 11.3 Å². The van der Waals surface area contributed by atoms with E-state index in [1.807, 2.05) is 37.3 Å². The van der Waals surface area contributed by atoms with Crippen LogP contribution in [0.25, 0.3) is 10.6 Å². The van der Waals surface area contributed by atoms with Crippen molar-refractivity contribution in [1.29, 1.82) is 0 Å². The number of amides is 2. The molecule has 0 aliphatic carbocycles. The molecule has 27 heavy (non-hydrogen) atoms. The minimum absolute atomic E-state index is 0.0540. The van der Waals surface area contributed by atoms with Crippen LogP contribution in [0, 0.1) is 6.92 Å². The van der Waals surface area contributed by atoms with Crippen LogP contribution in [0.1, 0.15) is 10.6 Å². The summed E-state index contributed by atoms with van der Waals surface area (Å²) in [4.78, 5) is 29.5. The quantitative estimate of drug-likeness (QED) is 0.727. The van der Waals surface area contributed by atoms with Gasteiger partial charge in [0.05, 0.1) is 17.1 Å². The van der Waals surface area contributed by atoms with Gasteiger partial charge in [0.2, 0.25) is 0 Å². The van der Waals surface area contributed by atoms with E-state index < -0.39 is 0 Å². The maximum atomic E-state index is 12.0. The van der Waals surface area contributed by atoms with Gasteiger partial charge in [-0.2, -0.15) is 0 Å². The molecule has 1 N–H and O–H groups in total. The highest BCUT2D eigenvalue weighted by Gasteiger charge is 2.14. The predicted molar refractivity (Wildman–Crippen MR) is 108 cm³/mol. The van der Waals surface area contributed by atoms with Crippen LogP contribution in [0.4, 0.5) is 16.4 Å². The van der Waals surface area contributed by atoms with Crippen molar-refractivity contribution >= 4 is 29.0 Å². The standard InChI is InChI=1S/C19H22N6OS/c1-13-8-9-20-17(10-13)23-16-7-5-6-14(22-16)15-11-21-18(27-15)12-25(4)19(26)24(2)3/h5-11H,12H2,1-4H3,(H,20,22,23). The van der Waals surface area contributed by atoms with Crippen molar-refractivity contribution in [3.8, 4) is 10.6 Å². The van der Waals surface area contributed by atoms with Crippen LogP contribution in [0.5, 0.6) is 0 Å². The first-order valence-electron chi connectivity index (χ1n) is 8.46. The lowest BCUT2D eigenvalue weighted by Gasteiger charge is -2.20. The SMILES string of the molecule is Cc1ccnc(Nc2cccc(-c3cnc(CN(C)C(=O)N(C)C)s3)n2)c1. The summed E-state index contributed by atoms with van der Waals surface area (Å²) in [6, 6.07) is 9.66. The van der Waals surface area contributed by atoms with Crippen LogP contribution in [-0.4, -0.2) is 51.9 Å². The van der Waals surface area contributed by atoms with E-state index in [-0.39, 0.29) is 6.03 Å². The third-order valence-electron chi connectivity index (χ3n) is 3.81. The van der Waals surface area contributed by atoms with Crippen molar-refractivity contribution < 1.29 is 4.79 Å². The van der Waals surface area contributed by atoms with Crippen LogP contribution in [0.2, 0.25) is 0 Å². The number of urea groups is 1. The lowest BCUT2D eigenvalue weighted by Crippen LogP contribution is -2.35. The summed E-state index contributed by atoms with van der Waals surface area (Å²) in [6.45, 7) is 2.49. The van der Waals surface area contributed by atoms with Gasteiger partial charge in [0.15, 0.2) is 0 Å². The highest BCUT2D eigenvalue weighted by molar-refractivity contribution is 7.15. The van der Waals surface area contributed by atoms with Crippen molar-refractivity contribution in [2.24, 2.45) is 0 Å². The summed E-state index contributed by atoms with van der Waals surface area (Å²) in [7, 11) is 5.23. The molecule has 140 valence electrons. The molecule has 7 nitrogen and oxygen atoms in total. The lowest BCUT2D eigenvalue weighted by molar-refractivity contribution is 0.180. The molecule has 0 bridgehead atoms. The monoisotopic (exact) mass is 382 g/mol. The topological polar surface area (TPSA) is 74.2 Å². The molecule has 0 aromatic carbocycles. The number of pyridine rings is 2. The average Bonchev–Trinajstić information content (AvgIpc) is 3.09. The molecule has 0 aliphatic heterocycles. The van der Waals surface area contributed by atoms with Gasteiger partial charge in [-0.05, 0) is 36.8 Å². The van der Waals surface area contributed by atoms with Crippen molar-refractivity contribution in [3.63, 3.8) is 0 Å². The maximum Gasteiger partial charge on any atom is 0.319 e. The van der Waals surface area contributed by atoms with Crippen LogP contribution < -0.4 is 5.32 Å². The zero-order valence-electron chi connectivity index (χ0n) is 15.8. The number of aryl methyl sites for hydroxylation is 1. The Morgan fingerprint density at radius 3 is 2.70 bits per heavy atom. The van der Waals surface area contributed by atoms with E-state index in [1.54, 1.807) is 43.3 Å². The van der Waals surface area contributed by atoms with Crippen molar-refractivity contribution in [3.05, 3.63) is 53.3 Å². The fourth-order valence-electron chi connectivity index (χ4n) is 2.49. The van der Waals surface area contributed by atoms with E-state index in [4.69, 9.17) is 0 Å². The molecule has 2 amide bonds. The van der Waals surface area contributed by atoms with E-state index in [2.05, 4.69) is 20.3 Å². The minimum Gasteiger partial charge on any atom is -0.331 e. The Morgan fingerprint density at radius 1 is 1.15 bits per heavy atom. The second kappa shape index (κ2) is 8.13. The van der Waals surface area contributed by atoms with Gasteiger partial charge in [-0.1, -0.05) is 6.07 Å². The average molecular weight is 382 g/mol. The second-order valence-electron chi connectivity index (χ2n) is 6.40. The molecule has 3 heterocycles. The highest BCUT2D eigenvalue weighted by Crippen LogP contribution is 2.26. The molecule has 3 rings (SSSR count). The largest absolute Gasteiger partial charge is 0.331 e. The molecule has 8 heteroatoms. The summed E-state index contributed by atoms with van der Waals surface area (Å²) >= 11 is 1.53. The zero-order valence-corrected chi connectivity index (χ0v) is 16.6. The van der Waals surface area contributed by atoms with Gasteiger partial charge in [0.25, 0.3) is 0 Å². The molecule has 0 unspecified atom stereocenters. The summed E-state index contributed by atoms with van der Waals surface area (Å²) in [5.41, 5.74) is 1.96. The zero-order chi connectivity index (χ0) is 19.4. The van der Waals surface area contributed by atoms with Crippen LogP contribution in [-0.2, 0) is 6.54 Å². The number of aromatic nitrogens is 3. The van der Waals surface area contributed by atoms with Gasteiger partial charge in [0.1, 0.15) is 16.6 Å². The molecular formula is C19H22N6OS. The first-order valence-corrected chi connectivity index (χ1v) is 9.28. The van der Waals surface area contributed by atoms with Crippen molar-refractivity contribution in [2.45, 2.75) is 13.5 Å². The van der Waals surface area contributed by atoms with E-state index in [9.17, 15) is 4.79 Å². The number of carbonyl (C=O) groups is 1. The Balaban J connectivity index is 1.74. The highest BCUT2D eigenvalue weighted by atomic mass is 32.1. The van der Waals surface area contributed by atoms with E-state index in [0.29, 0.717) is 6.54 Å². The Bertz CT molecular complexity index is 939. The fourth-order valence-corrected chi connectivity index (χ4v) is 3.43. The summed E-state index contributed by atoms with van der Waals surface area (Å²) < 4.78 is 0. The molecule has 0 spiro atoms. The molecule has 0 saturated heterocycles. The predicted octanol–water partition coefficient (Wildman–Crippen LogP) is 3.77. The molecule has 0 atom stereocenters. The molecular weight excluding hydrogens is 360 g/mol. The molecule has 3 aromatic heterocycles. The Morgan fingerprint density at radius 2 is 1.96 bits per heavy atom. The third-order valence-corrected chi connectivity index (χ3v) is 4.81. The molecule has 0 aliphatic rings. The number of nitrogens with one attached hydrogen (secondary N) is 1. The Labute approximate surface area is 162 Å². The number of anilines is 2. The first-order chi connectivity index (χ1) is 12.9. The summed E-state index contributed by atoms with van der Waals surface area (Å²) in [6.07, 6.45) is 3.56. The van der Waals surface area contributed by atoms with E-state index in [1.165, 1.54) is 11.3 Å². The number of rotatable bonds is 5. The molecule has 0 radical (unpaired) electrons. The van der Waals surface area contributed by atoms with Gasteiger partial charge < -0.3 is 15.1 Å². The van der Waals surface area contributed by atoms with Gasteiger partial charge >= 0.3 is 6.03 Å². The maximum absolute atomic E-state index is 12.0. The van der Waals surface area contributed by atoms with Crippen molar-refractivity contribution in [1.82, 2.24) is 24.8 Å². The van der Waals surface area contributed by atoms with E-state index >= 15 is 0 Å².